The molecule has 4 heterocycles. The van der Waals surface area contributed by atoms with Gasteiger partial charge in [-0.2, -0.15) is 0 Å². The molecule has 0 saturated carbocycles. The summed E-state index contributed by atoms with van der Waals surface area (Å²) in [6.07, 6.45) is 8.85. The molecule has 2 aliphatic heterocycles. The van der Waals surface area contributed by atoms with E-state index in [1.54, 1.807) is 18.3 Å². The van der Waals surface area contributed by atoms with Crippen LogP contribution in [0.4, 0.5) is 10.2 Å². The summed E-state index contributed by atoms with van der Waals surface area (Å²) in [5.41, 5.74) is 1.64. The first kappa shape index (κ1) is 25.5. The van der Waals surface area contributed by atoms with E-state index in [0.29, 0.717) is 28.7 Å². The van der Waals surface area contributed by atoms with Gasteiger partial charge in [-0.05, 0) is 50.6 Å². The van der Waals surface area contributed by atoms with E-state index in [1.807, 2.05) is 30.1 Å². The van der Waals surface area contributed by atoms with Crippen LogP contribution in [-0.4, -0.2) is 69.1 Å². The zero-order chi connectivity index (χ0) is 25.2. The molecule has 1 atom stereocenters. The molecular weight excluding hydrogens is 498 g/mol. The van der Waals surface area contributed by atoms with E-state index in [-0.39, 0.29) is 5.82 Å². The molecule has 2 fully saturated rings. The molecule has 192 valence electrons. The Hall–Kier alpha value is -2.19. The van der Waals surface area contributed by atoms with Crippen LogP contribution < -0.4 is 4.90 Å². The molecule has 0 radical (unpaired) electrons. The molecule has 1 aromatic carbocycles. The van der Waals surface area contributed by atoms with Gasteiger partial charge in [0.25, 0.3) is 0 Å². The summed E-state index contributed by atoms with van der Waals surface area (Å²) in [4.78, 5) is 16.5. The highest BCUT2D eigenvalue weighted by Gasteiger charge is 2.34. The lowest BCUT2D eigenvalue weighted by molar-refractivity contribution is 0.0607. The zero-order valence-corrected chi connectivity index (χ0v) is 22.4. The molecule has 2 aliphatic rings. The third-order valence-electron chi connectivity index (χ3n) is 7.64. The number of likely N-dealkylation sites (tertiary alicyclic amines) is 1. The Morgan fingerprint density at radius 2 is 1.86 bits per heavy atom. The number of nitrogens with zero attached hydrogens (tertiary/aromatic N) is 6. The number of hydrogen-bond acceptors (Lipinski definition) is 5. The lowest BCUT2D eigenvalue weighted by Gasteiger charge is -2.47. The van der Waals surface area contributed by atoms with Crippen LogP contribution in [0.15, 0.2) is 42.9 Å². The Morgan fingerprint density at radius 1 is 1.06 bits per heavy atom. The number of anilines is 1. The number of piperazine rings is 1. The Labute approximate surface area is 222 Å². The highest BCUT2D eigenvalue weighted by atomic mass is 35.5. The summed E-state index contributed by atoms with van der Waals surface area (Å²) in [6, 6.07) is 7.96. The fourth-order valence-corrected chi connectivity index (χ4v) is 6.08. The Bertz CT molecular complexity index is 1190. The van der Waals surface area contributed by atoms with Crippen molar-refractivity contribution in [1.29, 1.82) is 0 Å². The van der Waals surface area contributed by atoms with E-state index in [1.165, 1.54) is 6.07 Å². The van der Waals surface area contributed by atoms with Crippen molar-refractivity contribution in [2.45, 2.75) is 44.8 Å². The van der Waals surface area contributed by atoms with Gasteiger partial charge >= 0.3 is 0 Å². The summed E-state index contributed by atoms with van der Waals surface area (Å²) in [5.74, 6) is 1.50. The van der Waals surface area contributed by atoms with Crippen LogP contribution in [0.2, 0.25) is 10.0 Å². The van der Waals surface area contributed by atoms with Crippen molar-refractivity contribution in [3.8, 4) is 11.4 Å². The zero-order valence-electron chi connectivity index (χ0n) is 20.9. The molecule has 3 aromatic rings. The molecule has 36 heavy (non-hydrogen) atoms. The summed E-state index contributed by atoms with van der Waals surface area (Å²) in [6.45, 7) is 7.67. The maximum Gasteiger partial charge on any atom is 0.147 e. The molecule has 0 unspecified atom stereocenters. The summed E-state index contributed by atoms with van der Waals surface area (Å²) >= 11 is 12.6. The average molecular weight is 532 g/mol. The number of aryl methyl sites for hydroxylation is 1. The highest BCUT2D eigenvalue weighted by molar-refractivity contribution is 6.33. The van der Waals surface area contributed by atoms with Crippen LogP contribution in [0.1, 0.15) is 31.7 Å². The van der Waals surface area contributed by atoms with Crippen LogP contribution in [0.3, 0.4) is 0 Å². The second-order valence-corrected chi connectivity index (χ2v) is 10.7. The number of benzene rings is 1. The van der Waals surface area contributed by atoms with Gasteiger partial charge in [-0.15, -0.1) is 0 Å². The van der Waals surface area contributed by atoms with E-state index in [9.17, 15) is 4.39 Å². The molecule has 6 nitrogen and oxygen atoms in total. The van der Waals surface area contributed by atoms with E-state index >= 15 is 0 Å². The lowest BCUT2D eigenvalue weighted by Crippen LogP contribution is -2.58. The summed E-state index contributed by atoms with van der Waals surface area (Å²) in [7, 11) is 1.97. The van der Waals surface area contributed by atoms with Crippen molar-refractivity contribution in [1.82, 2.24) is 24.3 Å². The average Bonchev–Trinajstić information content (AvgIpc) is 3.31. The monoisotopic (exact) mass is 530 g/mol. The molecule has 0 bridgehead atoms. The maximum absolute atomic E-state index is 14.2. The first-order valence-corrected chi connectivity index (χ1v) is 13.5. The predicted octanol–water partition coefficient (Wildman–Crippen LogP) is 5.49. The second kappa shape index (κ2) is 11.1. The van der Waals surface area contributed by atoms with Gasteiger partial charge in [-0.3, -0.25) is 9.80 Å². The number of imidazole rings is 1. The number of halogens is 3. The van der Waals surface area contributed by atoms with E-state index in [2.05, 4.69) is 26.6 Å². The quantitative estimate of drug-likeness (QED) is 0.421. The number of aromatic nitrogens is 3. The van der Waals surface area contributed by atoms with Gasteiger partial charge < -0.3 is 9.47 Å². The second-order valence-electron chi connectivity index (χ2n) is 9.88. The minimum Gasteiger partial charge on any atom is -0.353 e. The molecule has 0 amide bonds. The van der Waals surface area contributed by atoms with E-state index in [4.69, 9.17) is 28.2 Å². The number of hydrogen-bond donors (Lipinski definition) is 0. The van der Waals surface area contributed by atoms with Gasteiger partial charge in [0.2, 0.25) is 0 Å². The molecular formula is C27H33Cl2FN6. The third-order valence-corrected chi connectivity index (χ3v) is 8.15. The first-order chi connectivity index (χ1) is 17.4. The first-order valence-electron chi connectivity index (χ1n) is 12.7. The normalized spacial score (nSPS) is 20.2. The fraction of sp³-hybridized carbons (Fsp3) is 0.481. The molecule has 0 N–H and O–H groups in total. The van der Waals surface area contributed by atoms with Gasteiger partial charge in [-0.25, -0.2) is 14.4 Å². The van der Waals surface area contributed by atoms with Crippen molar-refractivity contribution in [3.05, 3.63) is 64.3 Å². The van der Waals surface area contributed by atoms with Crippen molar-refractivity contribution in [3.63, 3.8) is 0 Å². The van der Waals surface area contributed by atoms with E-state index < -0.39 is 0 Å². The van der Waals surface area contributed by atoms with Gasteiger partial charge in [0, 0.05) is 80.1 Å². The van der Waals surface area contributed by atoms with Crippen molar-refractivity contribution in [2.24, 2.45) is 7.05 Å². The van der Waals surface area contributed by atoms with Crippen LogP contribution in [-0.2, 0) is 13.6 Å². The Kier molecular flexibility index (Phi) is 7.82. The van der Waals surface area contributed by atoms with Gasteiger partial charge in [0.05, 0.1) is 5.02 Å². The van der Waals surface area contributed by atoms with Gasteiger partial charge in [0.15, 0.2) is 0 Å². The third kappa shape index (κ3) is 5.40. The predicted molar refractivity (Wildman–Crippen MR) is 144 cm³/mol. The minimum atomic E-state index is -0.216. The lowest BCUT2D eigenvalue weighted by atomic mass is 9.97. The molecule has 0 spiro atoms. The molecule has 0 aliphatic carbocycles. The van der Waals surface area contributed by atoms with Crippen molar-refractivity contribution in [2.75, 3.05) is 37.6 Å². The van der Waals surface area contributed by atoms with Gasteiger partial charge in [-0.1, -0.05) is 36.2 Å². The van der Waals surface area contributed by atoms with Crippen molar-refractivity contribution >= 4 is 29.0 Å². The van der Waals surface area contributed by atoms with E-state index in [0.717, 1.165) is 74.8 Å². The molecule has 5 rings (SSSR count). The largest absolute Gasteiger partial charge is 0.353 e. The van der Waals surface area contributed by atoms with Crippen LogP contribution in [0.25, 0.3) is 11.4 Å². The maximum atomic E-state index is 14.2. The number of rotatable bonds is 6. The topological polar surface area (TPSA) is 40.4 Å². The standard InChI is InChI=1S/C27H33Cl2FN6/c1-3-22-18-35(27-24(29)14-20(16-32-27)26-31-8-11-33(26)2)12-13-36(22)23-6-9-34(10-7-23)17-19-4-5-21(28)15-25(19)30/h4-5,8,11,14-16,22-23H,3,6-7,9-10,12-13,17-18H2,1-2H3/t22-/m0/s1. The van der Waals surface area contributed by atoms with Crippen molar-refractivity contribution < 1.29 is 4.39 Å². The SMILES string of the molecule is CC[C@H]1CN(c2ncc(-c3nccn3C)cc2Cl)CCN1C1CCN(Cc2ccc(Cl)cc2F)CC1. The highest BCUT2D eigenvalue weighted by Crippen LogP contribution is 2.31. The van der Waals surface area contributed by atoms with Gasteiger partial charge in [0.1, 0.15) is 17.5 Å². The number of pyridine rings is 1. The summed E-state index contributed by atoms with van der Waals surface area (Å²) < 4.78 is 16.2. The Balaban J connectivity index is 1.19. The fourth-order valence-electron chi connectivity index (χ4n) is 5.64. The van der Waals surface area contributed by atoms with Crippen LogP contribution in [0.5, 0.6) is 0 Å². The minimum absolute atomic E-state index is 0.216. The number of piperidine rings is 1. The van der Waals surface area contributed by atoms with Crippen LogP contribution >= 0.6 is 23.2 Å². The molecule has 9 heteroatoms. The Morgan fingerprint density at radius 3 is 2.53 bits per heavy atom. The van der Waals surface area contributed by atoms with Crippen LogP contribution in [0, 0.1) is 5.82 Å². The summed E-state index contributed by atoms with van der Waals surface area (Å²) in [5, 5.41) is 1.11. The molecule has 2 aromatic heterocycles. The smallest absolute Gasteiger partial charge is 0.147 e. The molecule has 2 saturated heterocycles.